The van der Waals surface area contributed by atoms with Crippen LogP contribution in [0.15, 0.2) is 24.3 Å². The van der Waals surface area contributed by atoms with Gasteiger partial charge >= 0.3 is 0 Å². The fourth-order valence-corrected chi connectivity index (χ4v) is 1.88. The van der Waals surface area contributed by atoms with Crippen LogP contribution < -0.4 is 11.1 Å². The van der Waals surface area contributed by atoms with Gasteiger partial charge in [0.05, 0.1) is 23.6 Å². The number of nitrogens with two attached hydrogens (primary N) is 1. The van der Waals surface area contributed by atoms with Crippen molar-refractivity contribution in [1.29, 1.82) is 0 Å². The van der Waals surface area contributed by atoms with E-state index in [0.29, 0.717) is 5.69 Å². The predicted octanol–water partition coefficient (Wildman–Crippen LogP) is 0.838. The van der Waals surface area contributed by atoms with Crippen LogP contribution in [0.4, 0.5) is 5.69 Å². The van der Waals surface area contributed by atoms with Crippen LogP contribution in [-0.2, 0) is 4.79 Å². The van der Waals surface area contributed by atoms with Gasteiger partial charge in [-0.2, -0.15) is 0 Å². The molecule has 0 aliphatic heterocycles. The first-order chi connectivity index (χ1) is 8.54. The number of primary amides is 1. The van der Waals surface area contributed by atoms with Crippen molar-refractivity contribution >= 4 is 29.3 Å². The molecule has 0 spiro atoms. The number of thioether (sulfide) groups is 1. The Bertz CT molecular complexity index is 437. The summed E-state index contributed by atoms with van der Waals surface area (Å²) in [7, 11) is 0. The SMILES string of the molecule is CC(CO)SCC(=O)Nc1ccccc1C(N)=O. The Balaban J connectivity index is 2.62. The molecule has 6 heteroatoms. The van der Waals surface area contributed by atoms with Crippen molar-refractivity contribution in [3.8, 4) is 0 Å². The Labute approximate surface area is 110 Å². The zero-order valence-corrected chi connectivity index (χ0v) is 10.9. The number of nitrogens with one attached hydrogen (secondary N) is 1. The van der Waals surface area contributed by atoms with E-state index in [0.717, 1.165) is 0 Å². The summed E-state index contributed by atoms with van der Waals surface area (Å²) in [5.41, 5.74) is 5.90. The zero-order valence-electron chi connectivity index (χ0n) is 10.1. The molecule has 0 bridgehead atoms. The highest BCUT2D eigenvalue weighted by Crippen LogP contribution is 2.15. The van der Waals surface area contributed by atoms with Crippen LogP contribution in [0.2, 0.25) is 0 Å². The molecule has 0 heterocycles. The van der Waals surface area contributed by atoms with Gasteiger partial charge in [0.1, 0.15) is 0 Å². The summed E-state index contributed by atoms with van der Waals surface area (Å²) in [4.78, 5) is 22.8. The molecule has 1 rings (SSSR count). The van der Waals surface area contributed by atoms with Crippen LogP contribution in [0.1, 0.15) is 17.3 Å². The van der Waals surface area contributed by atoms with E-state index in [1.165, 1.54) is 11.8 Å². The second kappa shape index (κ2) is 7.03. The molecule has 0 radical (unpaired) electrons. The molecule has 0 saturated carbocycles. The van der Waals surface area contributed by atoms with Crippen LogP contribution in [0.5, 0.6) is 0 Å². The van der Waals surface area contributed by atoms with E-state index in [4.69, 9.17) is 10.8 Å². The van der Waals surface area contributed by atoms with E-state index in [9.17, 15) is 9.59 Å². The van der Waals surface area contributed by atoms with E-state index < -0.39 is 5.91 Å². The average molecular weight is 268 g/mol. The molecule has 0 fully saturated rings. The van der Waals surface area contributed by atoms with E-state index >= 15 is 0 Å². The van der Waals surface area contributed by atoms with Gasteiger partial charge in [-0.15, -0.1) is 11.8 Å². The number of hydrogen-bond donors (Lipinski definition) is 3. The number of hydrogen-bond acceptors (Lipinski definition) is 4. The third-order valence-corrected chi connectivity index (χ3v) is 3.37. The highest BCUT2D eigenvalue weighted by molar-refractivity contribution is 8.00. The van der Waals surface area contributed by atoms with Gasteiger partial charge in [0.2, 0.25) is 5.91 Å². The molecule has 0 saturated heterocycles. The number of rotatable bonds is 6. The lowest BCUT2D eigenvalue weighted by Crippen LogP contribution is -2.20. The van der Waals surface area contributed by atoms with Crippen molar-refractivity contribution in [3.05, 3.63) is 29.8 Å². The second-order valence-electron chi connectivity index (χ2n) is 3.76. The third-order valence-electron chi connectivity index (χ3n) is 2.22. The number of benzene rings is 1. The van der Waals surface area contributed by atoms with Gasteiger partial charge in [0, 0.05) is 5.25 Å². The van der Waals surface area contributed by atoms with Crippen molar-refractivity contribution in [2.24, 2.45) is 5.73 Å². The number of carbonyl (C=O) groups is 2. The molecule has 0 aliphatic carbocycles. The molecule has 2 amide bonds. The maximum absolute atomic E-state index is 11.6. The molecule has 4 N–H and O–H groups in total. The highest BCUT2D eigenvalue weighted by Gasteiger charge is 2.11. The molecule has 98 valence electrons. The van der Waals surface area contributed by atoms with Crippen LogP contribution in [0, 0.1) is 0 Å². The first kappa shape index (κ1) is 14.5. The molecule has 0 aromatic heterocycles. The van der Waals surface area contributed by atoms with E-state index in [2.05, 4.69) is 5.32 Å². The number of carbonyl (C=O) groups excluding carboxylic acids is 2. The Morgan fingerprint density at radius 1 is 1.44 bits per heavy atom. The van der Waals surface area contributed by atoms with Gasteiger partial charge in [-0.25, -0.2) is 0 Å². The van der Waals surface area contributed by atoms with Gasteiger partial charge in [-0.1, -0.05) is 19.1 Å². The lowest BCUT2D eigenvalue weighted by Gasteiger charge is -2.10. The quantitative estimate of drug-likeness (QED) is 0.712. The number of para-hydroxylation sites is 1. The Hall–Kier alpha value is -1.53. The third kappa shape index (κ3) is 4.38. The zero-order chi connectivity index (χ0) is 13.5. The van der Waals surface area contributed by atoms with E-state index in [1.807, 2.05) is 6.92 Å². The fraction of sp³-hybridized carbons (Fsp3) is 0.333. The molecule has 18 heavy (non-hydrogen) atoms. The summed E-state index contributed by atoms with van der Waals surface area (Å²) >= 11 is 1.34. The number of aliphatic hydroxyl groups is 1. The predicted molar refractivity (Wildman–Crippen MR) is 72.6 cm³/mol. The van der Waals surface area contributed by atoms with Gasteiger partial charge in [0.25, 0.3) is 5.91 Å². The first-order valence-corrected chi connectivity index (χ1v) is 6.50. The van der Waals surface area contributed by atoms with E-state index in [-0.39, 0.29) is 29.1 Å². The molecule has 1 atom stereocenters. The minimum absolute atomic E-state index is 0.00198. The highest BCUT2D eigenvalue weighted by atomic mass is 32.2. The fourth-order valence-electron chi connectivity index (χ4n) is 1.26. The second-order valence-corrected chi connectivity index (χ2v) is 5.19. The maximum Gasteiger partial charge on any atom is 0.250 e. The molecule has 5 nitrogen and oxygen atoms in total. The standard InChI is InChI=1S/C12H16N2O3S/c1-8(6-15)18-7-11(16)14-10-5-3-2-4-9(10)12(13)17/h2-5,8,15H,6-7H2,1H3,(H2,13,17)(H,14,16). The van der Waals surface area contributed by atoms with Crippen LogP contribution in [-0.4, -0.2) is 34.5 Å². The summed E-state index contributed by atoms with van der Waals surface area (Å²) in [6.45, 7) is 1.85. The molecular formula is C12H16N2O3S. The number of amides is 2. The lowest BCUT2D eigenvalue weighted by molar-refractivity contribution is -0.113. The Morgan fingerprint density at radius 2 is 2.11 bits per heavy atom. The van der Waals surface area contributed by atoms with Gasteiger partial charge < -0.3 is 16.2 Å². The van der Waals surface area contributed by atoms with Gasteiger partial charge in [0.15, 0.2) is 0 Å². The maximum atomic E-state index is 11.6. The molecule has 1 aromatic carbocycles. The minimum Gasteiger partial charge on any atom is -0.395 e. The Kier molecular flexibility index (Phi) is 5.67. The van der Waals surface area contributed by atoms with Crippen molar-refractivity contribution in [2.45, 2.75) is 12.2 Å². The number of anilines is 1. The summed E-state index contributed by atoms with van der Waals surface area (Å²) in [6, 6.07) is 6.57. The normalized spacial score (nSPS) is 11.9. The van der Waals surface area contributed by atoms with Crippen LogP contribution >= 0.6 is 11.8 Å². The monoisotopic (exact) mass is 268 g/mol. The van der Waals surface area contributed by atoms with E-state index in [1.54, 1.807) is 24.3 Å². The first-order valence-electron chi connectivity index (χ1n) is 5.45. The summed E-state index contributed by atoms with van der Waals surface area (Å²) in [5.74, 6) is -0.592. The van der Waals surface area contributed by atoms with Gasteiger partial charge in [-0.05, 0) is 12.1 Å². The lowest BCUT2D eigenvalue weighted by atomic mass is 10.1. The number of aliphatic hydroxyl groups excluding tert-OH is 1. The van der Waals surface area contributed by atoms with Gasteiger partial charge in [-0.3, -0.25) is 9.59 Å². The minimum atomic E-state index is -0.581. The van der Waals surface area contributed by atoms with Crippen LogP contribution in [0.3, 0.4) is 0 Å². The summed E-state index contributed by atoms with van der Waals surface area (Å²) in [6.07, 6.45) is 0. The molecular weight excluding hydrogens is 252 g/mol. The molecule has 1 unspecified atom stereocenters. The van der Waals surface area contributed by atoms with Crippen molar-refractivity contribution in [3.63, 3.8) is 0 Å². The van der Waals surface area contributed by atoms with Crippen molar-refractivity contribution in [1.82, 2.24) is 0 Å². The summed E-state index contributed by atoms with van der Waals surface area (Å²) < 4.78 is 0. The van der Waals surface area contributed by atoms with Crippen molar-refractivity contribution in [2.75, 3.05) is 17.7 Å². The van der Waals surface area contributed by atoms with Crippen molar-refractivity contribution < 1.29 is 14.7 Å². The molecule has 1 aromatic rings. The summed E-state index contributed by atoms with van der Waals surface area (Å²) in [5, 5.41) is 11.5. The van der Waals surface area contributed by atoms with Crippen LogP contribution in [0.25, 0.3) is 0 Å². The topological polar surface area (TPSA) is 92.4 Å². The largest absolute Gasteiger partial charge is 0.395 e. The Morgan fingerprint density at radius 3 is 2.72 bits per heavy atom. The smallest absolute Gasteiger partial charge is 0.250 e. The molecule has 0 aliphatic rings. The average Bonchev–Trinajstić information content (AvgIpc) is 2.36.